The fourth-order valence-corrected chi connectivity index (χ4v) is 5.25. The first-order chi connectivity index (χ1) is 27.6. The van der Waals surface area contributed by atoms with Crippen LogP contribution in [-0.2, 0) is 19.1 Å². The second-order valence-electron chi connectivity index (χ2n) is 13.7. The maximum absolute atomic E-state index is 12.2. The zero-order chi connectivity index (χ0) is 40.7. The van der Waals surface area contributed by atoms with Crippen molar-refractivity contribution in [2.45, 2.75) is 161 Å². The Kier molecular flexibility index (Phi) is 42.2. The number of esters is 2. The maximum Gasteiger partial charge on any atom is 0.306 e. The highest BCUT2D eigenvalue weighted by molar-refractivity contribution is 5.70. The van der Waals surface area contributed by atoms with Crippen molar-refractivity contribution in [1.29, 1.82) is 0 Å². The number of hydrogen-bond donors (Lipinski definition) is 1. The molecule has 0 aliphatic heterocycles. The van der Waals surface area contributed by atoms with Crippen molar-refractivity contribution in [3.05, 3.63) is 134 Å². The van der Waals surface area contributed by atoms with Gasteiger partial charge in [-0.1, -0.05) is 180 Å². The van der Waals surface area contributed by atoms with E-state index >= 15 is 0 Å². The number of carbonyl (C=O) groups excluding carboxylic acids is 2. The molecule has 56 heavy (non-hydrogen) atoms. The first-order valence-electron chi connectivity index (χ1n) is 21.7. The van der Waals surface area contributed by atoms with Crippen molar-refractivity contribution in [3.8, 4) is 0 Å². The van der Waals surface area contributed by atoms with Gasteiger partial charge in [0.15, 0.2) is 6.10 Å². The summed E-state index contributed by atoms with van der Waals surface area (Å²) in [5.74, 6) is -0.716. The number of ether oxygens (including phenoxy) is 2. The lowest BCUT2D eigenvalue weighted by Gasteiger charge is -2.15. The van der Waals surface area contributed by atoms with Gasteiger partial charge in [-0.15, -0.1) is 0 Å². The van der Waals surface area contributed by atoms with E-state index in [0.29, 0.717) is 12.8 Å². The quantitative estimate of drug-likeness (QED) is 0.0387. The first kappa shape index (κ1) is 52.0. The van der Waals surface area contributed by atoms with Crippen molar-refractivity contribution in [2.24, 2.45) is 0 Å². The summed E-state index contributed by atoms with van der Waals surface area (Å²) in [7, 11) is 0. The number of rotatable bonds is 37. The molecule has 0 heterocycles. The van der Waals surface area contributed by atoms with Crippen LogP contribution in [0.4, 0.5) is 0 Å². The summed E-state index contributed by atoms with van der Waals surface area (Å²) in [5, 5.41) is 9.57. The number of hydrogen-bond acceptors (Lipinski definition) is 5. The molecular formula is C51H78O5. The molecule has 0 fully saturated rings. The minimum atomic E-state index is -0.827. The molecule has 0 saturated carbocycles. The fraction of sp³-hybridized carbons (Fsp3) is 0.529. The molecule has 5 heteroatoms. The van der Waals surface area contributed by atoms with Gasteiger partial charge in [-0.2, -0.15) is 0 Å². The summed E-state index contributed by atoms with van der Waals surface area (Å²) >= 11 is 0. The van der Waals surface area contributed by atoms with Gasteiger partial charge in [-0.05, 0) is 96.3 Å². The molecule has 0 radical (unpaired) electrons. The van der Waals surface area contributed by atoms with Crippen LogP contribution in [-0.4, -0.2) is 36.4 Å². The van der Waals surface area contributed by atoms with Crippen LogP contribution in [0.25, 0.3) is 0 Å². The molecule has 0 spiro atoms. The minimum Gasteiger partial charge on any atom is -0.462 e. The monoisotopic (exact) mass is 771 g/mol. The van der Waals surface area contributed by atoms with Gasteiger partial charge >= 0.3 is 11.9 Å². The van der Waals surface area contributed by atoms with Crippen LogP contribution in [0, 0.1) is 0 Å². The summed E-state index contributed by atoms with van der Waals surface area (Å²) in [6.07, 6.45) is 68.1. The Morgan fingerprint density at radius 2 is 0.750 bits per heavy atom. The van der Waals surface area contributed by atoms with Crippen LogP contribution in [0.15, 0.2) is 134 Å². The van der Waals surface area contributed by atoms with Crippen LogP contribution in [0.5, 0.6) is 0 Å². The minimum absolute atomic E-state index is 0.112. The molecule has 0 aromatic rings. The summed E-state index contributed by atoms with van der Waals surface area (Å²) in [6.45, 7) is 3.82. The average Bonchev–Trinajstić information content (AvgIpc) is 3.20. The van der Waals surface area contributed by atoms with E-state index in [4.69, 9.17) is 9.47 Å². The van der Waals surface area contributed by atoms with Crippen LogP contribution in [0.2, 0.25) is 0 Å². The summed E-state index contributed by atoms with van der Waals surface area (Å²) in [6, 6.07) is 0. The van der Waals surface area contributed by atoms with Gasteiger partial charge in [-0.25, -0.2) is 0 Å². The molecule has 0 bridgehead atoms. The molecule has 0 rings (SSSR count). The van der Waals surface area contributed by atoms with E-state index < -0.39 is 12.1 Å². The second-order valence-corrected chi connectivity index (χ2v) is 13.7. The number of unbranched alkanes of at least 4 members (excludes halogenated alkanes) is 7. The Balaban J connectivity index is 3.73. The van der Waals surface area contributed by atoms with E-state index in [1.54, 1.807) is 0 Å². The van der Waals surface area contributed by atoms with Gasteiger partial charge in [0.2, 0.25) is 0 Å². The smallest absolute Gasteiger partial charge is 0.306 e. The first-order valence-corrected chi connectivity index (χ1v) is 21.7. The number of aliphatic hydroxyl groups is 1. The van der Waals surface area contributed by atoms with E-state index in [1.807, 2.05) is 12.2 Å². The maximum atomic E-state index is 12.2. The number of aliphatic hydroxyl groups excluding tert-OH is 1. The zero-order valence-electron chi connectivity index (χ0n) is 35.3. The van der Waals surface area contributed by atoms with Gasteiger partial charge in [-0.3, -0.25) is 9.59 Å². The molecule has 1 unspecified atom stereocenters. The van der Waals surface area contributed by atoms with Gasteiger partial charge in [0.25, 0.3) is 0 Å². The third-order valence-corrected chi connectivity index (χ3v) is 8.45. The Hall–Kier alpha value is -3.96. The predicted molar refractivity (Wildman–Crippen MR) is 241 cm³/mol. The van der Waals surface area contributed by atoms with Crippen molar-refractivity contribution in [3.63, 3.8) is 0 Å². The Labute approximate surface area is 343 Å². The Morgan fingerprint density at radius 1 is 0.411 bits per heavy atom. The summed E-state index contributed by atoms with van der Waals surface area (Å²) < 4.78 is 10.6. The molecule has 0 saturated heterocycles. The lowest BCUT2D eigenvalue weighted by atomic mass is 10.1. The van der Waals surface area contributed by atoms with E-state index in [-0.39, 0.29) is 25.6 Å². The predicted octanol–water partition coefficient (Wildman–Crippen LogP) is 14.2. The van der Waals surface area contributed by atoms with E-state index in [2.05, 4.69) is 135 Å². The van der Waals surface area contributed by atoms with Gasteiger partial charge < -0.3 is 14.6 Å². The van der Waals surface area contributed by atoms with E-state index in [9.17, 15) is 14.7 Å². The van der Waals surface area contributed by atoms with Crippen LogP contribution in [0.3, 0.4) is 0 Å². The van der Waals surface area contributed by atoms with Crippen molar-refractivity contribution in [2.75, 3.05) is 13.2 Å². The van der Waals surface area contributed by atoms with Crippen molar-refractivity contribution >= 4 is 11.9 Å². The molecule has 1 atom stereocenters. The standard InChI is InChI=1S/C51H78O5/c1-3-5-7-9-11-13-15-17-19-21-23-24-25-26-28-29-31-33-35-37-39-41-43-45-50(53)55-48-49(47-52)56-51(54)46-44-42-40-38-36-34-32-30-27-22-20-18-16-14-12-10-8-6-4-2/h5-8,11-14,17-20,23-24,26-28,30,34,36,40,42,49,52H,3-4,9-10,15-16,21-22,25,29,31-33,35,37-39,41,43-48H2,1-2H3/b7-5-,8-6-,13-11-,14-12-,19-17-,20-18-,24-23-,28-26-,30-27-,36-34-,42-40-. The Bertz CT molecular complexity index is 1240. The number of allylic oxidation sites excluding steroid dienone is 22. The van der Waals surface area contributed by atoms with Gasteiger partial charge in [0.1, 0.15) is 6.61 Å². The van der Waals surface area contributed by atoms with E-state index in [0.717, 1.165) is 96.3 Å². The highest BCUT2D eigenvalue weighted by Crippen LogP contribution is 2.11. The number of carbonyl (C=O) groups is 2. The molecule has 0 aromatic heterocycles. The topological polar surface area (TPSA) is 72.8 Å². The highest BCUT2D eigenvalue weighted by Gasteiger charge is 2.15. The zero-order valence-corrected chi connectivity index (χ0v) is 35.3. The molecule has 312 valence electrons. The molecular weight excluding hydrogens is 693 g/mol. The normalized spacial score (nSPS) is 13.6. The van der Waals surface area contributed by atoms with Gasteiger partial charge in [0, 0.05) is 12.8 Å². The van der Waals surface area contributed by atoms with E-state index in [1.165, 1.54) is 25.7 Å². The summed E-state index contributed by atoms with van der Waals surface area (Å²) in [4.78, 5) is 24.3. The molecule has 0 amide bonds. The molecule has 0 aromatic carbocycles. The largest absolute Gasteiger partial charge is 0.462 e. The van der Waals surface area contributed by atoms with Crippen LogP contribution in [0.1, 0.15) is 155 Å². The van der Waals surface area contributed by atoms with Crippen LogP contribution < -0.4 is 0 Å². The lowest BCUT2D eigenvalue weighted by Crippen LogP contribution is -2.28. The molecule has 5 nitrogen and oxygen atoms in total. The van der Waals surface area contributed by atoms with Gasteiger partial charge in [0.05, 0.1) is 6.61 Å². The molecule has 1 N–H and O–H groups in total. The van der Waals surface area contributed by atoms with Crippen LogP contribution >= 0.6 is 0 Å². The third kappa shape index (κ3) is 42.8. The summed E-state index contributed by atoms with van der Waals surface area (Å²) in [5.41, 5.74) is 0. The third-order valence-electron chi connectivity index (χ3n) is 8.45. The second kappa shape index (κ2) is 45.4. The van der Waals surface area contributed by atoms with Crippen molar-refractivity contribution in [1.82, 2.24) is 0 Å². The SMILES string of the molecule is CC/C=C\C/C=C\C/C=C\C/C=C\C/C=C\C/C=C\CCC(=O)OC(CO)COC(=O)CCCCCCCCC/C=C\C/C=C\C/C=C\C/C=C\C/C=C\CC. The fourth-order valence-electron chi connectivity index (χ4n) is 5.25. The Morgan fingerprint density at radius 3 is 1.14 bits per heavy atom. The molecule has 0 aliphatic carbocycles. The lowest BCUT2D eigenvalue weighted by molar-refractivity contribution is -0.161. The highest BCUT2D eigenvalue weighted by atomic mass is 16.6. The average molecular weight is 771 g/mol. The molecule has 0 aliphatic rings. The van der Waals surface area contributed by atoms with Crippen molar-refractivity contribution < 1.29 is 24.2 Å².